The molecule has 0 radical (unpaired) electrons. The van der Waals surface area contributed by atoms with E-state index in [9.17, 15) is 4.79 Å². The van der Waals surface area contributed by atoms with Crippen LogP contribution in [0.5, 0.6) is 0 Å². The average molecular weight is 204 g/mol. The van der Waals surface area contributed by atoms with E-state index in [4.69, 9.17) is 16.1 Å². The molecule has 0 atom stereocenters. The fraction of sp³-hybridized carbons (Fsp3) is 0.500. The van der Waals surface area contributed by atoms with Gasteiger partial charge in [0.1, 0.15) is 11.3 Å². The maximum Gasteiger partial charge on any atom is 0.344 e. The molecule has 0 saturated carbocycles. The van der Waals surface area contributed by atoms with Gasteiger partial charge in [0.15, 0.2) is 0 Å². The standard InChI is InChI=1S/C8H10ClNO3/c1-4(2)6-5(8(11)12-3)7(9)13-10-6/h4H,1-3H3. The minimum atomic E-state index is -0.519. The van der Waals surface area contributed by atoms with Gasteiger partial charge >= 0.3 is 5.97 Å². The summed E-state index contributed by atoms with van der Waals surface area (Å²) in [5.74, 6) is -0.444. The Bertz CT molecular complexity index is 319. The summed E-state index contributed by atoms with van der Waals surface area (Å²) in [6.45, 7) is 3.78. The van der Waals surface area contributed by atoms with E-state index in [0.717, 1.165) is 0 Å². The Labute approximate surface area is 80.8 Å². The third-order valence-electron chi connectivity index (χ3n) is 1.61. The highest BCUT2D eigenvalue weighted by molar-refractivity contribution is 6.31. The molecule has 5 heteroatoms. The number of methoxy groups -OCH3 is 1. The van der Waals surface area contributed by atoms with Crippen molar-refractivity contribution in [3.05, 3.63) is 16.5 Å². The van der Waals surface area contributed by atoms with Gasteiger partial charge in [0.05, 0.1) is 7.11 Å². The molecule has 0 saturated heterocycles. The lowest BCUT2D eigenvalue weighted by molar-refractivity contribution is 0.0598. The Morgan fingerprint density at radius 1 is 1.62 bits per heavy atom. The number of hydrogen-bond donors (Lipinski definition) is 0. The van der Waals surface area contributed by atoms with E-state index in [0.29, 0.717) is 5.69 Å². The molecule has 13 heavy (non-hydrogen) atoms. The second-order valence-electron chi connectivity index (χ2n) is 2.86. The Morgan fingerprint density at radius 3 is 2.69 bits per heavy atom. The molecular weight excluding hydrogens is 194 g/mol. The number of nitrogens with zero attached hydrogens (tertiary/aromatic N) is 1. The molecule has 4 nitrogen and oxygen atoms in total. The fourth-order valence-electron chi connectivity index (χ4n) is 0.962. The lowest BCUT2D eigenvalue weighted by Gasteiger charge is -2.01. The molecule has 1 aromatic rings. The Morgan fingerprint density at radius 2 is 2.23 bits per heavy atom. The molecule has 0 aliphatic carbocycles. The zero-order valence-electron chi connectivity index (χ0n) is 7.63. The van der Waals surface area contributed by atoms with Gasteiger partial charge in [-0.15, -0.1) is 0 Å². The van der Waals surface area contributed by atoms with Crippen LogP contribution in [0.15, 0.2) is 4.52 Å². The van der Waals surface area contributed by atoms with Gasteiger partial charge in [0, 0.05) is 0 Å². The van der Waals surface area contributed by atoms with Crippen molar-refractivity contribution < 1.29 is 14.1 Å². The van der Waals surface area contributed by atoms with Crippen LogP contribution in [-0.2, 0) is 4.74 Å². The zero-order valence-corrected chi connectivity index (χ0v) is 8.38. The van der Waals surface area contributed by atoms with Crippen LogP contribution in [0.2, 0.25) is 5.22 Å². The number of halogens is 1. The zero-order chi connectivity index (χ0) is 10.0. The van der Waals surface area contributed by atoms with Gasteiger partial charge in [0.25, 0.3) is 0 Å². The van der Waals surface area contributed by atoms with Crippen molar-refractivity contribution in [2.45, 2.75) is 19.8 Å². The monoisotopic (exact) mass is 203 g/mol. The maximum absolute atomic E-state index is 11.2. The number of rotatable bonds is 2. The summed E-state index contributed by atoms with van der Waals surface area (Å²) in [5, 5.41) is 3.66. The van der Waals surface area contributed by atoms with Crippen molar-refractivity contribution in [3.8, 4) is 0 Å². The smallest absolute Gasteiger partial charge is 0.344 e. The predicted octanol–water partition coefficient (Wildman–Crippen LogP) is 2.24. The fourth-order valence-corrected chi connectivity index (χ4v) is 1.17. The molecule has 0 amide bonds. The second kappa shape index (κ2) is 3.79. The van der Waals surface area contributed by atoms with Gasteiger partial charge in [-0.05, 0) is 17.5 Å². The lowest BCUT2D eigenvalue weighted by atomic mass is 10.1. The Hall–Kier alpha value is -1.03. The third-order valence-corrected chi connectivity index (χ3v) is 1.87. The normalized spacial score (nSPS) is 10.5. The van der Waals surface area contributed by atoms with Crippen LogP contribution in [0.25, 0.3) is 0 Å². The van der Waals surface area contributed by atoms with Crippen molar-refractivity contribution >= 4 is 17.6 Å². The summed E-state index contributed by atoms with van der Waals surface area (Å²) in [7, 11) is 1.29. The molecular formula is C8H10ClNO3. The van der Waals surface area contributed by atoms with Crippen LogP contribution >= 0.6 is 11.6 Å². The van der Waals surface area contributed by atoms with Crippen LogP contribution < -0.4 is 0 Å². The molecule has 1 rings (SSSR count). The number of ether oxygens (including phenoxy) is 1. The Balaban J connectivity index is 3.16. The first-order valence-corrected chi connectivity index (χ1v) is 4.19. The maximum atomic E-state index is 11.2. The molecule has 0 aliphatic rings. The number of hydrogen-bond acceptors (Lipinski definition) is 4. The van der Waals surface area contributed by atoms with E-state index >= 15 is 0 Å². The first kappa shape index (κ1) is 10.1. The quantitative estimate of drug-likeness (QED) is 0.692. The molecule has 0 N–H and O–H groups in total. The molecule has 72 valence electrons. The van der Waals surface area contributed by atoms with Gasteiger partial charge in [-0.3, -0.25) is 0 Å². The van der Waals surface area contributed by atoms with Crippen molar-refractivity contribution in [2.24, 2.45) is 0 Å². The topological polar surface area (TPSA) is 52.3 Å². The summed E-state index contributed by atoms with van der Waals surface area (Å²) >= 11 is 5.63. The van der Waals surface area contributed by atoms with Gasteiger partial charge in [-0.2, -0.15) is 0 Å². The number of aromatic nitrogens is 1. The SMILES string of the molecule is COC(=O)c1c(C(C)C)noc1Cl. The summed E-state index contributed by atoms with van der Waals surface area (Å²) in [4.78, 5) is 11.2. The van der Waals surface area contributed by atoms with Gasteiger partial charge in [-0.1, -0.05) is 19.0 Å². The number of carbonyl (C=O) groups excluding carboxylic acids is 1. The lowest BCUT2D eigenvalue weighted by Crippen LogP contribution is -2.05. The molecule has 0 spiro atoms. The predicted molar refractivity (Wildman–Crippen MR) is 46.9 cm³/mol. The second-order valence-corrected chi connectivity index (χ2v) is 3.21. The highest BCUT2D eigenvalue weighted by atomic mass is 35.5. The summed E-state index contributed by atoms with van der Waals surface area (Å²) in [6, 6.07) is 0. The average Bonchev–Trinajstić information content (AvgIpc) is 2.46. The van der Waals surface area contributed by atoms with E-state index in [-0.39, 0.29) is 16.7 Å². The van der Waals surface area contributed by atoms with E-state index in [1.807, 2.05) is 13.8 Å². The summed E-state index contributed by atoms with van der Waals surface area (Å²) in [5.41, 5.74) is 0.746. The molecule has 1 heterocycles. The van der Waals surface area contributed by atoms with E-state index in [1.165, 1.54) is 7.11 Å². The van der Waals surface area contributed by atoms with Crippen LogP contribution in [0, 0.1) is 0 Å². The number of esters is 1. The van der Waals surface area contributed by atoms with Gasteiger partial charge in [-0.25, -0.2) is 4.79 Å². The highest BCUT2D eigenvalue weighted by Gasteiger charge is 2.23. The molecule has 0 unspecified atom stereocenters. The molecule has 0 fully saturated rings. The molecule has 1 aromatic heterocycles. The minimum Gasteiger partial charge on any atom is -0.465 e. The van der Waals surface area contributed by atoms with Crippen LogP contribution in [0.3, 0.4) is 0 Å². The van der Waals surface area contributed by atoms with E-state index in [2.05, 4.69) is 9.89 Å². The largest absolute Gasteiger partial charge is 0.465 e. The van der Waals surface area contributed by atoms with Crippen LogP contribution in [0.4, 0.5) is 0 Å². The summed E-state index contributed by atoms with van der Waals surface area (Å²) in [6.07, 6.45) is 0. The van der Waals surface area contributed by atoms with E-state index < -0.39 is 5.97 Å². The van der Waals surface area contributed by atoms with Crippen LogP contribution in [0.1, 0.15) is 35.8 Å². The first-order chi connectivity index (χ1) is 6.07. The molecule has 0 aliphatic heterocycles. The third kappa shape index (κ3) is 1.83. The first-order valence-electron chi connectivity index (χ1n) is 3.81. The van der Waals surface area contributed by atoms with Gasteiger partial charge in [0.2, 0.25) is 5.22 Å². The van der Waals surface area contributed by atoms with E-state index in [1.54, 1.807) is 0 Å². The minimum absolute atomic E-state index is 0.0180. The van der Waals surface area contributed by atoms with Gasteiger partial charge < -0.3 is 9.26 Å². The van der Waals surface area contributed by atoms with Crippen LogP contribution in [-0.4, -0.2) is 18.2 Å². The summed E-state index contributed by atoms with van der Waals surface area (Å²) < 4.78 is 9.24. The number of carbonyl (C=O) groups is 1. The Kier molecular flexibility index (Phi) is 2.93. The van der Waals surface area contributed by atoms with Crippen molar-refractivity contribution in [1.82, 2.24) is 5.16 Å². The highest BCUT2D eigenvalue weighted by Crippen LogP contribution is 2.25. The van der Waals surface area contributed by atoms with Crippen molar-refractivity contribution in [2.75, 3.05) is 7.11 Å². The van der Waals surface area contributed by atoms with Crippen molar-refractivity contribution in [3.63, 3.8) is 0 Å². The van der Waals surface area contributed by atoms with Crippen molar-refractivity contribution in [1.29, 1.82) is 0 Å². The molecule has 0 bridgehead atoms. The molecule has 0 aromatic carbocycles.